The summed E-state index contributed by atoms with van der Waals surface area (Å²) in [6.07, 6.45) is 0. The monoisotopic (exact) mass is 245 g/mol. The summed E-state index contributed by atoms with van der Waals surface area (Å²) in [5, 5.41) is 17.9. The number of aromatic nitrogens is 2. The molecule has 0 saturated heterocycles. The fraction of sp³-hybridized carbons (Fsp3) is 0.0833. The predicted octanol–water partition coefficient (Wildman–Crippen LogP) is 1.04. The van der Waals surface area contributed by atoms with Gasteiger partial charge < -0.3 is 10.4 Å². The van der Waals surface area contributed by atoms with E-state index in [1.54, 1.807) is 19.1 Å². The van der Waals surface area contributed by atoms with Crippen molar-refractivity contribution in [2.45, 2.75) is 6.92 Å². The number of aromatic amines is 1. The first-order valence-electron chi connectivity index (χ1n) is 5.23. The number of benzene rings is 1. The van der Waals surface area contributed by atoms with Crippen LogP contribution in [0.3, 0.4) is 0 Å². The van der Waals surface area contributed by atoms with E-state index in [2.05, 4.69) is 15.5 Å². The number of phenols is 1. The molecule has 1 aromatic carbocycles. The number of aromatic hydroxyl groups is 1. The Bertz CT molecular complexity index is 629. The zero-order valence-electron chi connectivity index (χ0n) is 9.60. The number of anilines is 1. The summed E-state index contributed by atoms with van der Waals surface area (Å²) in [4.78, 5) is 22.6. The van der Waals surface area contributed by atoms with Gasteiger partial charge in [0.1, 0.15) is 5.75 Å². The quantitative estimate of drug-likeness (QED) is 0.736. The molecule has 0 radical (unpaired) electrons. The predicted molar refractivity (Wildman–Crippen MR) is 65.7 cm³/mol. The number of nitrogens with one attached hydrogen (secondary N) is 2. The van der Waals surface area contributed by atoms with Crippen molar-refractivity contribution in [3.8, 4) is 5.75 Å². The summed E-state index contributed by atoms with van der Waals surface area (Å²) in [6.45, 7) is 1.74. The third-order valence-corrected chi connectivity index (χ3v) is 2.39. The van der Waals surface area contributed by atoms with Crippen molar-refractivity contribution in [2.24, 2.45) is 0 Å². The molecule has 1 amide bonds. The van der Waals surface area contributed by atoms with Crippen molar-refractivity contribution in [1.82, 2.24) is 10.2 Å². The average molecular weight is 245 g/mol. The van der Waals surface area contributed by atoms with Gasteiger partial charge in [0.2, 0.25) is 0 Å². The summed E-state index contributed by atoms with van der Waals surface area (Å²) in [7, 11) is 0. The van der Waals surface area contributed by atoms with Crippen molar-refractivity contribution in [3.05, 3.63) is 51.8 Å². The van der Waals surface area contributed by atoms with E-state index in [-0.39, 0.29) is 17.1 Å². The van der Waals surface area contributed by atoms with Crippen LogP contribution in [0.2, 0.25) is 0 Å². The van der Waals surface area contributed by atoms with E-state index in [9.17, 15) is 14.7 Å². The summed E-state index contributed by atoms with van der Waals surface area (Å²) < 4.78 is 0. The number of hydrogen-bond acceptors (Lipinski definition) is 4. The average Bonchev–Trinajstić information content (AvgIpc) is 2.35. The maximum atomic E-state index is 11.8. The van der Waals surface area contributed by atoms with Crippen LogP contribution in [0.15, 0.2) is 35.1 Å². The third kappa shape index (κ3) is 2.54. The maximum Gasteiger partial charge on any atom is 0.264 e. The van der Waals surface area contributed by atoms with E-state index in [0.29, 0.717) is 11.1 Å². The Morgan fingerprint density at radius 1 is 1.33 bits per heavy atom. The molecule has 2 rings (SSSR count). The molecule has 0 unspecified atom stereocenters. The molecule has 18 heavy (non-hydrogen) atoms. The number of nitrogens with zero attached hydrogens (tertiary/aromatic N) is 1. The van der Waals surface area contributed by atoms with Gasteiger partial charge in [-0.1, -0.05) is 6.07 Å². The van der Waals surface area contributed by atoms with E-state index in [1.807, 2.05) is 0 Å². The Morgan fingerprint density at radius 3 is 2.72 bits per heavy atom. The maximum absolute atomic E-state index is 11.8. The minimum atomic E-state index is -0.412. The van der Waals surface area contributed by atoms with Gasteiger partial charge in [-0.2, -0.15) is 5.10 Å². The number of H-pyrrole nitrogens is 1. The molecule has 0 bridgehead atoms. The highest BCUT2D eigenvalue weighted by molar-refractivity contribution is 6.04. The molecule has 1 aromatic heterocycles. The highest BCUT2D eigenvalue weighted by Gasteiger charge is 2.08. The lowest BCUT2D eigenvalue weighted by Crippen LogP contribution is -2.15. The number of phenolic OH excluding ortho intramolecular Hbond substituents is 1. The lowest BCUT2D eigenvalue weighted by atomic mass is 10.1. The molecule has 0 aliphatic rings. The first-order chi connectivity index (χ1) is 8.56. The molecule has 0 atom stereocenters. The van der Waals surface area contributed by atoms with Gasteiger partial charge in [-0.3, -0.25) is 9.59 Å². The van der Waals surface area contributed by atoms with E-state index in [4.69, 9.17) is 0 Å². The van der Waals surface area contributed by atoms with Crippen molar-refractivity contribution in [3.63, 3.8) is 0 Å². The van der Waals surface area contributed by atoms with Crippen LogP contribution in [-0.4, -0.2) is 21.2 Å². The molecular weight excluding hydrogens is 234 g/mol. The summed E-state index contributed by atoms with van der Waals surface area (Å²) in [6, 6.07) is 7.26. The van der Waals surface area contributed by atoms with Crippen LogP contribution in [0.5, 0.6) is 5.75 Å². The minimum Gasteiger partial charge on any atom is -0.508 e. The van der Waals surface area contributed by atoms with E-state index in [0.717, 1.165) is 0 Å². The van der Waals surface area contributed by atoms with Gasteiger partial charge in [0.25, 0.3) is 11.5 Å². The van der Waals surface area contributed by atoms with Crippen LogP contribution in [0.25, 0.3) is 0 Å². The molecule has 0 aliphatic carbocycles. The molecular formula is C12H11N3O3. The van der Waals surface area contributed by atoms with Crippen LogP contribution in [0.1, 0.15) is 15.9 Å². The molecule has 2 aromatic rings. The van der Waals surface area contributed by atoms with Crippen LogP contribution in [0.4, 0.5) is 5.82 Å². The second-order valence-corrected chi connectivity index (χ2v) is 3.76. The first-order valence-corrected chi connectivity index (χ1v) is 5.23. The second-order valence-electron chi connectivity index (χ2n) is 3.76. The van der Waals surface area contributed by atoms with Crippen LogP contribution in [-0.2, 0) is 0 Å². The summed E-state index contributed by atoms with van der Waals surface area (Å²) in [5.41, 5.74) is 0.654. The standard InChI is InChI=1S/C12H11N3O3/c1-7-2-3-8(6-9(7)16)12(18)13-10-4-5-11(17)15-14-10/h2-6,16H,1H3,(H,15,17)(H,13,14,18). The number of carbonyl (C=O) groups is 1. The highest BCUT2D eigenvalue weighted by atomic mass is 16.3. The van der Waals surface area contributed by atoms with Gasteiger partial charge in [0, 0.05) is 11.6 Å². The Kier molecular flexibility index (Phi) is 3.09. The Hall–Kier alpha value is -2.63. The smallest absolute Gasteiger partial charge is 0.264 e. The van der Waals surface area contributed by atoms with Gasteiger partial charge in [-0.15, -0.1) is 0 Å². The zero-order chi connectivity index (χ0) is 13.1. The molecule has 0 spiro atoms. The van der Waals surface area contributed by atoms with Crippen molar-refractivity contribution in [2.75, 3.05) is 5.32 Å². The largest absolute Gasteiger partial charge is 0.508 e. The molecule has 3 N–H and O–H groups in total. The first kappa shape index (κ1) is 11.8. The zero-order valence-corrected chi connectivity index (χ0v) is 9.60. The van der Waals surface area contributed by atoms with Gasteiger partial charge >= 0.3 is 0 Å². The van der Waals surface area contributed by atoms with Gasteiger partial charge in [-0.25, -0.2) is 5.10 Å². The number of rotatable bonds is 2. The summed E-state index contributed by atoms with van der Waals surface area (Å²) in [5.74, 6) is -0.124. The SMILES string of the molecule is Cc1ccc(C(=O)Nc2ccc(=O)[nH]n2)cc1O. The van der Waals surface area contributed by atoms with Gasteiger partial charge in [0.15, 0.2) is 5.82 Å². The minimum absolute atomic E-state index is 0.0528. The fourth-order valence-electron chi connectivity index (χ4n) is 1.35. The Labute approximate surface area is 102 Å². The fourth-order valence-corrected chi connectivity index (χ4v) is 1.35. The van der Waals surface area contributed by atoms with E-state index in [1.165, 1.54) is 18.2 Å². The number of aryl methyl sites for hydroxylation is 1. The molecule has 1 heterocycles. The van der Waals surface area contributed by atoms with Crippen molar-refractivity contribution in [1.29, 1.82) is 0 Å². The number of amides is 1. The molecule has 6 heteroatoms. The van der Waals surface area contributed by atoms with Crippen molar-refractivity contribution < 1.29 is 9.90 Å². The Balaban J connectivity index is 2.19. The molecule has 0 aliphatic heterocycles. The van der Waals surface area contributed by atoms with Crippen LogP contribution >= 0.6 is 0 Å². The Morgan fingerprint density at radius 2 is 2.11 bits per heavy atom. The van der Waals surface area contributed by atoms with Gasteiger partial charge in [0.05, 0.1) is 0 Å². The number of carbonyl (C=O) groups excluding carboxylic acids is 1. The third-order valence-electron chi connectivity index (χ3n) is 2.39. The lowest BCUT2D eigenvalue weighted by molar-refractivity contribution is 0.102. The molecule has 0 saturated carbocycles. The van der Waals surface area contributed by atoms with E-state index >= 15 is 0 Å². The van der Waals surface area contributed by atoms with Gasteiger partial charge in [-0.05, 0) is 30.7 Å². The molecule has 92 valence electrons. The topological polar surface area (TPSA) is 95.1 Å². The van der Waals surface area contributed by atoms with Crippen LogP contribution < -0.4 is 10.9 Å². The lowest BCUT2D eigenvalue weighted by Gasteiger charge is -2.05. The second kappa shape index (κ2) is 4.70. The normalized spacial score (nSPS) is 10.1. The molecule has 0 fully saturated rings. The van der Waals surface area contributed by atoms with Crippen molar-refractivity contribution >= 4 is 11.7 Å². The van der Waals surface area contributed by atoms with E-state index < -0.39 is 5.91 Å². The summed E-state index contributed by atoms with van der Waals surface area (Å²) >= 11 is 0. The molecule has 6 nitrogen and oxygen atoms in total. The number of hydrogen-bond donors (Lipinski definition) is 3. The van der Waals surface area contributed by atoms with Crippen LogP contribution in [0, 0.1) is 6.92 Å². The highest BCUT2D eigenvalue weighted by Crippen LogP contribution is 2.17.